The Balaban J connectivity index is 1.66. The molecule has 1 aromatic rings. The molecule has 0 aromatic heterocycles. The molecule has 1 saturated heterocycles. The van der Waals surface area contributed by atoms with Gasteiger partial charge in [0.15, 0.2) is 0 Å². The van der Waals surface area contributed by atoms with E-state index in [4.69, 9.17) is 5.73 Å². The number of anilines is 1. The van der Waals surface area contributed by atoms with E-state index >= 15 is 0 Å². The van der Waals surface area contributed by atoms with E-state index in [1.165, 1.54) is 6.07 Å². The molecule has 0 spiro atoms. The fourth-order valence-corrected chi connectivity index (χ4v) is 3.75. The van der Waals surface area contributed by atoms with Crippen LogP contribution < -0.4 is 10.6 Å². The molecule has 0 atom stereocenters. The Bertz CT molecular complexity index is 620. The second-order valence-electron chi connectivity index (χ2n) is 6.74. The highest BCUT2D eigenvalue weighted by atomic mass is 16.6. The Kier molecular flexibility index (Phi) is 4.71. The molecule has 2 fully saturated rings. The van der Waals surface area contributed by atoms with Crippen molar-refractivity contribution in [3.8, 4) is 0 Å². The number of para-hydroxylation sites is 2. The molecule has 0 radical (unpaired) electrons. The number of nitrogens with zero attached hydrogens (tertiary/aromatic N) is 3. The molecule has 24 heavy (non-hydrogen) atoms. The van der Waals surface area contributed by atoms with E-state index in [-0.39, 0.29) is 16.5 Å². The zero-order valence-corrected chi connectivity index (χ0v) is 13.8. The summed E-state index contributed by atoms with van der Waals surface area (Å²) in [5.74, 6) is 0.0458. The molecule has 0 unspecified atom stereocenters. The third-order valence-corrected chi connectivity index (χ3v) is 5.16. The number of hydrogen-bond acceptors (Lipinski definition) is 5. The average molecular weight is 332 g/mol. The number of amides is 1. The zero-order chi connectivity index (χ0) is 17.2. The molecule has 2 aliphatic rings. The number of carbonyl (C=O) groups is 1. The number of carbonyl (C=O) groups excluding carboxylic acids is 1. The molecule has 3 rings (SSSR count). The molecule has 7 heteroatoms. The topological polar surface area (TPSA) is 92.7 Å². The Hall–Kier alpha value is -2.15. The second kappa shape index (κ2) is 6.76. The van der Waals surface area contributed by atoms with Crippen molar-refractivity contribution in [2.75, 3.05) is 31.1 Å². The molecule has 1 saturated carbocycles. The Morgan fingerprint density at radius 2 is 1.71 bits per heavy atom. The van der Waals surface area contributed by atoms with Crippen molar-refractivity contribution in [3.05, 3.63) is 34.4 Å². The standard InChI is InChI=1S/C17H24N4O3/c18-17(8-4-1-5-9-17)16(22)20-12-10-19(11-13-20)14-6-2-3-7-15(14)21(23)24/h2-3,6-7H,1,4-5,8-13,18H2. The van der Waals surface area contributed by atoms with Crippen molar-refractivity contribution in [1.82, 2.24) is 4.90 Å². The predicted octanol–water partition coefficient (Wildman–Crippen LogP) is 1.90. The summed E-state index contributed by atoms with van der Waals surface area (Å²) in [5.41, 5.74) is 6.37. The van der Waals surface area contributed by atoms with Crippen LogP contribution >= 0.6 is 0 Å². The number of nitrogens with two attached hydrogens (primary N) is 1. The van der Waals surface area contributed by atoms with Crippen LogP contribution in [0, 0.1) is 10.1 Å². The van der Waals surface area contributed by atoms with Crippen molar-refractivity contribution < 1.29 is 9.72 Å². The highest BCUT2D eigenvalue weighted by Crippen LogP contribution is 2.30. The highest BCUT2D eigenvalue weighted by Gasteiger charge is 2.39. The highest BCUT2D eigenvalue weighted by molar-refractivity contribution is 5.86. The largest absolute Gasteiger partial charge is 0.362 e. The molecule has 0 bridgehead atoms. The number of nitro groups is 1. The molecule has 2 N–H and O–H groups in total. The molecule has 130 valence electrons. The first kappa shape index (κ1) is 16.7. The first-order valence-corrected chi connectivity index (χ1v) is 8.58. The summed E-state index contributed by atoms with van der Waals surface area (Å²) in [7, 11) is 0. The van der Waals surface area contributed by atoms with E-state index in [0.29, 0.717) is 31.9 Å². The minimum absolute atomic E-state index is 0.0458. The monoisotopic (exact) mass is 332 g/mol. The molecule has 1 heterocycles. The van der Waals surface area contributed by atoms with Gasteiger partial charge in [-0.25, -0.2) is 0 Å². The van der Waals surface area contributed by atoms with Crippen molar-refractivity contribution in [2.45, 2.75) is 37.6 Å². The van der Waals surface area contributed by atoms with Crippen molar-refractivity contribution in [3.63, 3.8) is 0 Å². The number of nitro benzene ring substituents is 1. The summed E-state index contributed by atoms with van der Waals surface area (Å²) in [5, 5.41) is 11.2. The summed E-state index contributed by atoms with van der Waals surface area (Å²) in [6.07, 6.45) is 4.70. The number of benzene rings is 1. The van der Waals surface area contributed by atoms with Gasteiger partial charge in [0.1, 0.15) is 5.69 Å². The Morgan fingerprint density at radius 1 is 1.08 bits per heavy atom. The molecular formula is C17H24N4O3. The van der Waals surface area contributed by atoms with Gasteiger partial charge in [0.25, 0.3) is 5.69 Å². The van der Waals surface area contributed by atoms with Gasteiger partial charge in [0.05, 0.1) is 10.5 Å². The van der Waals surface area contributed by atoms with Crippen LogP contribution in [0.25, 0.3) is 0 Å². The zero-order valence-electron chi connectivity index (χ0n) is 13.8. The summed E-state index contributed by atoms with van der Waals surface area (Å²) in [4.78, 5) is 27.4. The maximum Gasteiger partial charge on any atom is 0.292 e. The van der Waals surface area contributed by atoms with E-state index in [1.807, 2.05) is 9.80 Å². The minimum atomic E-state index is -0.709. The molecule has 1 amide bonds. The third kappa shape index (κ3) is 3.21. The lowest BCUT2D eigenvalue weighted by Crippen LogP contribution is -2.60. The fraction of sp³-hybridized carbons (Fsp3) is 0.588. The van der Waals surface area contributed by atoms with Gasteiger partial charge in [-0.2, -0.15) is 0 Å². The van der Waals surface area contributed by atoms with Crippen LogP contribution in [0.3, 0.4) is 0 Å². The van der Waals surface area contributed by atoms with Gasteiger partial charge in [-0.15, -0.1) is 0 Å². The van der Waals surface area contributed by atoms with Gasteiger partial charge in [0.2, 0.25) is 5.91 Å². The van der Waals surface area contributed by atoms with Gasteiger partial charge in [-0.05, 0) is 18.9 Å². The van der Waals surface area contributed by atoms with Gasteiger partial charge >= 0.3 is 0 Å². The Labute approximate surface area is 141 Å². The molecule has 1 aromatic carbocycles. The SMILES string of the molecule is NC1(C(=O)N2CCN(c3ccccc3[N+](=O)[O-])CC2)CCCCC1. The van der Waals surface area contributed by atoms with Crippen LogP contribution in [0.4, 0.5) is 11.4 Å². The minimum Gasteiger partial charge on any atom is -0.362 e. The lowest BCUT2D eigenvalue weighted by atomic mass is 9.81. The Morgan fingerprint density at radius 3 is 2.33 bits per heavy atom. The average Bonchev–Trinajstić information content (AvgIpc) is 2.62. The first-order valence-electron chi connectivity index (χ1n) is 8.58. The van der Waals surface area contributed by atoms with Crippen molar-refractivity contribution in [2.24, 2.45) is 5.73 Å². The third-order valence-electron chi connectivity index (χ3n) is 5.16. The van der Waals surface area contributed by atoms with Crippen LogP contribution in [0.2, 0.25) is 0 Å². The van der Waals surface area contributed by atoms with E-state index in [1.54, 1.807) is 18.2 Å². The predicted molar refractivity (Wildman–Crippen MR) is 91.9 cm³/mol. The molecule has 1 aliphatic heterocycles. The summed E-state index contributed by atoms with van der Waals surface area (Å²) in [6.45, 7) is 2.30. The second-order valence-corrected chi connectivity index (χ2v) is 6.74. The normalized spacial score (nSPS) is 20.7. The summed E-state index contributed by atoms with van der Waals surface area (Å²) < 4.78 is 0. The van der Waals surface area contributed by atoms with Gasteiger partial charge in [-0.3, -0.25) is 14.9 Å². The van der Waals surface area contributed by atoms with Crippen molar-refractivity contribution in [1.29, 1.82) is 0 Å². The van der Waals surface area contributed by atoms with Gasteiger partial charge in [-0.1, -0.05) is 31.4 Å². The van der Waals surface area contributed by atoms with Gasteiger partial charge < -0.3 is 15.5 Å². The van der Waals surface area contributed by atoms with Crippen LogP contribution in [-0.4, -0.2) is 47.4 Å². The molecular weight excluding hydrogens is 308 g/mol. The van der Waals surface area contributed by atoms with E-state index in [2.05, 4.69) is 0 Å². The van der Waals surface area contributed by atoms with Crippen LogP contribution in [-0.2, 0) is 4.79 Å². The van der Waals surface area contributed by atoms with Gasteiger partial charge in [0, 0.05) is 32.2 Å². The summed E-state index contributed by atoms with van der Waals surface area (Å²) in [6, 6.07) is 6.75. The van der Waals surface area contributed by atoms with E-state index in [9.17, 15) is 14.9 Å². The molecule has 1 aliphatic carbocycles. The maximum atomic E-state index is 12.8. The number of piperazine rings is 1. The van der Waals surface area contributed by atoms with Crippen molar-refractivity contribution >= 4 is 17.3 Å². The summed E-state index contributed by atoms with van der Waals surface area (Å²) >= 11 is 0. The van der Waals surface area contributed by atoms with Crippen LogP contribution in [0.15, 0.2) is 24.3 Å². The number of rotatable bonds is 3. The lowest BCUT2D eigenvalue weighted by molar-refractivity contribution is -0.384. The lowest BCUT2D eigenvalue weighted by Gasteiger charge is -2.41. The molecule has 7 nitrogen and oxygen atoms in total. The fourth-order valence-electron chi connectivity index (χ4n) is 3.75. The number of hydrogen-bond donors (Lipinski definition) is 1. The van der Waals surface area contributed by atoms with Crippen LogP contribution in [0.5, 0.6) is 0 Å². The van der Waals surface area contributed by atoms with E-state index < -0.39 is 5.54 Å². The first-order chi connectivity index (χ1) is 11.5. The van der Waals surface area contributed by atoms with E-state index in [0.717, 1.165) is 32.1 Å². The maximum absolute atomic E-state index is 12.8. The quantitative estimate of drug-likeness (QED) is 0.674. The van der Waals surface area contributed by atoms with Crippen LogP contribution in [0.1, 0.15) is 32.1 Å². The smallest absolute Gasteiger partial charge is 0.292 e.